The Labute approximate surface area is 133 Å². The summed E-state index contributed by atoms with van der Waals surface area (Å²) in [4.78, 5) is 27.4. The summed E-state index contributed by atoms with van der Waals surface area (Å²) in [6, 6.07) is 5.77. The molecule has 7 heteroatoms. The molecule has 0 spiro atoms. The van der Waals surface area contributed by atoms with E-state index < -0.39 is 0 Å². The van der Waals surface area contributed by atoms with Crippen molar-refractivity contribution in [2.75, 3.05) is 33.0 Å². The standard InChI is InChI=1S/C16H18N2O5/c19-15(17-5-6-18-12(8-17)9-21-16(18)20)4-2-11-1-3-13-14(7-11)23-10-22-13/h1,3,7,12H,2,4-6,8-10H2/t12-/m1/s1. The van der Waals surface area contributed by atoms with Gasteiger partial charge >= 0.3 is 6.09 Å². The molecule has 7 nitrogen and oxygen atoms in total. The number of rotatable bonds is 3. The van der Waals surface area contributed by atoms with E-state index in [1.165, 1.54) is 0 Å². The fourth-order valence-electron chi connectivity index (χ4n) is 3.22. The molecule has 0 bridgehead atoms. The Morgan fingerprint density at radius 2 is 2.04 bits per heavy atom. The number of hydrogen-bond donors (Lipinski definition) is 0. The molecule has 2 amide bonds. The highest BCUT2D eigenvalue weighted by molar-refractivity contribution is 5.77. The number of ether oxygens (including phenoxy) is 3. The first-order valence-electron chi connectivity index (χ1n) is 7.80. The van der Waals surface area contributed by atoms with Crippen molar-refractivity contribution in [3.05, 3.63) is 23.8 Å². The van der Waals surface area contributed by atoms with Gasteiger partial charge in [-0.25, -0.2) is 4.79 Å². The summed E-state index contributed by atoms with van der Waals surface area (Å²) >= 11 is 0. The molecule has 2 saturated heterocycles. The largest absolute Gasteiger partial charge is 0.454 e. The number of amides is 2. The molecule has 122 valence electrons. The summed E-state index contributed by atoms with van der Waals surface area (Å²) in [7, 11) is 0. The first kappa shape index (κ1) is 14.2. The Bertz CT molecular complexity index is 647. The molecule has 0 unspecified atom stereocenters. The number of carbonyl (C=O) groups excluding carboxylic acids is 2. The molecule has 0 radical (unpaired) electrons. The van der Waals surface area contributed by atoms with Crippen molar-refractivity contribution in [2.24, 2.45) is 0 Å². The lowest BCUT2D eigenvalue weighted by Gasteiger charge is -2.35. The van der Waals surface area contributed by atoms with Gasteiger partial charge < -0.3 is 19.1 Å². The number of aryl methyl sites for hydroxylation is 1. The van der Waals surface area contributed by atoms with Crippen LogP contribution in [0.5, 0.6) is 11.5 Å². The van der Waals surface area contributed by atoms with Gasteiger partial charge in [0.1, 0.15) is 6.61 Å². The van der Waals surface area contributed by atoms with Crippen molar-refractivity contribution >= 4 is 12.0 Å². The van der Waals surface area contributed by atoms with E-state index in [-0.39, 0.29) is 24.8 Å². The van der Waals surface area contributed by atoms with E-state index in [0.717, 1.165) is 17.1 Å². The summed E-state index contributed by atoms with van der Waals surface area (Å²) in [5, 5.41) is 0. The first-order chi connectivity index (χ1) is 11.2. The van der Waals surface area contributed by atoms with Crippen LogP contribution in [-0.2, 0) is 16.0 Å². The molecule has 0 saturated carbocycles. The average molecular weight is 318 g/mol. The molecule has 0 aliphatic carbocycles. The van der Waals surface area contributed by atoms with Crippen LogP contribution in [0.3, 0.4) is 0 Å². The maximum atomic E-state index is 12.4. The van der Waals surface area contributed by atoms with Crippen LogP contribution in [0.2, 0.25) is 0 Å². The molecule has 4 rings (SSSR count). The summed E-state index contributed by atoms with van der Waals surface area (Å²) < 4.78 is 15.7. The van der Waals surface area contributed by atoms with Crippen LogP contribution in [0, 0.1) is 0 Å². The van der Waals surface area contributed by atoms with Gasteiger partial charge in [0.15, 0.2) is 11.5 Å². The molecule has 3 aliphatic rings. The fraction of sp³-hybridized carbons (Fsp3) is 0.500. The summed E-state index contributed by atoms with van der Waals surface area (Å²) in [5.41, 5.74) is 1.06. The van der Waals surface area contributed by atoms with E-state index in [0.29, 0.717) is 39.1 Å². The number of hydrogen-bond acceptors (Lipinski definition) is 5. The van der Waals surface area contributed by atoms with Gasteiger partial charge in [0.25, 0.3) is 0 Å². The lowest BCUT2D eigenvalue weighted by Crippen LogP contribution is -2.53. The third kappa shape index (κ3) is 2.67. The molecule has 3 heterocycles. The quantitative estimate of drug-likeness (QED) is 0.832. The van der Waals surface area contributed by atoms with Crippen molar-refractivity contribution in [3.63, 3.8) is 0 Å². The first-order valence-corrected chi connectivity index (χ1v) is 7.80. The van der Waals surface area contributed by atoms with Gasteiger partial charge in [0, 0.05) is 26.1 Å². The Hall–Kier alpha value is -2.44. The molecular weight excluding hydrogens is 300 g/mol. The van der Waals surface area contributed by atoms with E-state index in [1.807, 2.05) is 23.1 Å². The predicted molar refractivity (Wildman–Crippen MR) is 79.3 cm³/mol. The predicted octanol–water partition coefficient (Wildman–Crippen LogP) is 1.01. The Morgan fingerprint density at radius 3 is 2.96 bits per heavy atom. The molecule has 1 atom stereocenters. The van der Waals surface area contributed by atoms with E-state index in [2.05, 4.69) is 0 Å². The van der Waals surface area contributed by atoms with Crippen LogP contribution in [0.25, 0.3) is 0 Å². The number of piperazine rings is 1. The van der Waals surface area contributed by atoms with Crippen LogP contribution < -0.4 is 9.47 Å². The zero-order valence-electron chi connectivity index (χ0n) is 12.7. The van der Waals surface area contributed by atoms with Gasteiger partial charge in [0.05, 0.1) is 6.04 Å². The second-order valence-electron chi connectivity index (χ2n) is 5.95. The van der Waals surface area contributed by atoms with Gasteiger partial charge in [-0.15, -0.1) is 0 Å². The second kappa shape index (κ2) is 5.64. The van der Waals surface area contributed by atoms with Crippen LogP contribution >= 0.6 is 0 Å². The molecule has 0 aromatic heterocycles. The minimum atomic E-state index is -0.262. The van der Waals surface area contributed by atoms with E-state index >= 15 is 0 Å². The normalized spacial score (nSPS) is 22.1. The monoisotopic (exact) mass is 318 g/mol. The molecular formula is C16H18N2O5. The Morgan fingerprint density at radius 1 is 1.17 bits per heavy atom. The van der Waals surface area contributed by atoms with Crippen molar-refractivity contribution in [3.8, 4) is 11.5 Å². The van der Waals surface area contributed by atoms with Gasteiger partial charge in [-0.2, -0.15) is 0 Å². The van der Waals surface area contributed by atoms with Gasteiger partial charge in [-0.3, -0.25) is 9.69 Å². The topological polar surface area (TPSA) is 68.3 Å². The average Bonchev–Trinajstić information content (AvgIpc) is 3.18. The maximum absolute atomic E-state index is 12.4. The summed E-state index contributed by atoms with van der Waals surface area (Å²) in [6.07, 6.45) is 0.846. The molecule has 1 aromatic rings. The fourth-order valence-corrected chi connectivity index (χ4v) is 3.22. The van der Waals surface area contributed by atoms with Crippen molar-refractivity contribution in [2.45, 2.75) is 18.9 Å². The number of cyclic esters (lactones) is 1. The zero-order valence-corrected chi connectivity index (χ0v) is 12.7. The number of benzene rings is 1. The lowest BCUT2D eigenvalue weighted by atomic mass is 10.1. The zero-order chi connectivity index (χ0) is 15.8. The number of carbonyl (C=O) groups is 2. The second-order valence-corrected chi connectivity index (χ2v) is 5.95. The Balaban J connectivity index is 1.33. The Kier molecular flexibility index (Phi) is 3.48. The third-order valence-corrected chi connectivity index (χ3v) is 4.53. The van der Waals surface area contributed by atoms with Gasteiger partial charge in [-0.05, 0) is 24.1 Å². The number of nitrogens with zero attached hydrogens (tertiary/aromatic N) is 2. The molecule has 3 aliphatic heterocycles. The van der Waals surface area contributed by atoms with Crippen LogP contribution in [-0.4, -0.2) is 60.9 Å². The summed E-state index contributed by atoms with van der Waals surface area (Å²) in [5.74, 6) is 1.61. The summed E-state index contributed by atoms with van der Waals surface area (Å²) in [6.45, 7) is 2.32. The smallest absolute Gasteiger partial charge is 0.410 e. The van der Waals surface area contributed by atoms with Gasteiger partial charge in [-0.1, -0.05) is 6.07 Å². The highest BCUT2D eigenvalue weighted by Crippen LogP contribution is 2.32. The highest BCUT2D eigenvalue weighted by atomic mass is 16.7. The van der Waals surface area contributed by atoms with Crippen molar-refractivity contribution in [1.82, 2.24) is 9.80 Å². The van der Waals surface area contributed by atoms with E-state index in [1.54, 1.807) is 4.90 Å². The van der Waals surface area contributed by atoms with Crippen LogP contribution in [0.4, 0.5) is 4.79 Å². The van der Waals surface area contributed by atoms with Crippen molar-refractivity contribution in [1.29, 1.82) is 0 Å². The molecule has 23 heavy (non-hydrogen) atoms. The third-order valence-electron chi connectivity index (χ3n) is 4.53. The molecule has 2 fully saturated rings. The minimum Gasteiger partial charge on any atom is -0.454 e. The molecule has 0 N–H and O–H groups in total. The van der Waals surface area contributed by atoms with Crippen LogP contribution in [0.15, 0.2) is 18.2 Å². The maximum Gasteiger partial charge on any atom is 0.410 e. The molecule has 1 aromatic carbocycles. The van der Waals surface area contributed by atoms with E-state index in [4.69, 9.17) is 14.2 Å². The van der Waals surface area contributed by atoms with E-state index in [9.17, 15) is 9.59 Å². The lowest BCUT2D eigenvalue weighted by molar-refractivity contribution is -0.133. The minimum absolute atomic E-state index is 0.00532. The number of fused-ring (bicyclic) bond motifs is 2. The highest BCUT2D eigenvalue weighted by Gasteiger charge is 2.38. The SMILES string of the molecule is O=C(CCc1ccc2c(c1)OCO2)N1CCN2C(=O)OC[C@H]2C1. The van der Waals surface area contributed by atoms with Crippen molar-refractivity contribution < 1.29 is 23.8 Å². The van der Waals surface area contributed by atoms with Gasteiger partial charge in [0.2, 0.25) is 12.7 Å². The van der Waals surface area contributed by atoms with Crippen LogP contribution in [0.1, 0.15) is 12.0 Å².